The predicted molar refractivity (Wildman–Crippen MR) is 104 cm³/mol. The number of aromatic nitrogens is 2. The van der Waals surface area contributed by atoms with E-state index >= 15 is 0 Å². The lowest BCUT2D eigenvalue weighted by molar-refractivity contribution is 0.634. The quantitative estimate of drug-likeness (QED) is 0.695. The molecule has 1 aromatic heterocycles. The summed E-state index contributed by atoms with van der Waals surface area (Å²) in [6.45, 7) is 0.543. The molecule has 1 aromatic carbocycles. The standard InChI is InChI=1S/C16H17Cl3N4S/c17-12-6-5-10(7-13(12)18)8-23-9-14(19)15(22-23)21-16(24)20-11-3-1-2-4-11/h5-7,9,11H,1-4,8H2,(H2,20,21,22,24). The highest BCUT2D eigenvalue weighted by molar-refractivity contribution is 7.80. The summed E-state index contributed by atoms with van der Waals surface area (Å²) in [6, 6.07) is 5.94. The Hall–Kier alpha value is -1.01. The van der Waals surface area contributed by atoms with E-state index < -0.39 is 0 Å². The van der Waals surface area contributed by atoms with Gasteiger partial charge < -0.3 is 10.6 Å². The summed E-state index contributed by atoms with van der Waals surface area (Å²) < 4.78 is 1.74. The molecular formula is C16H17Cl3N4S. The summed E-state index contributed by atoms with van der Waals surface area (Å²) in [5, 5.41) is 13.0. The molecule has 2 N–H and O–H groups in total. The first kappa shape index (κ1) is 17.8. The normalized spacial score (nSPS) is 14.8. The summed E-state index contributed by atoms with van der Waals surface area (Å²) in [5.74, 6) is 0.548. The molecule has 2 aromatic rings. The fraction of sp³-hybridized carbons (Fsp3) is 0.375. The van der Waals surface area contributed by atoms with E-state index in [-0.39, 0.29) is 0 Å². The molecule has 0 radical (unpaired) electrons. The van der Waals surface area contributed by atoms with Crippen molar-refractivity contribution in [3.8, 4) is 0 Å². The number of thiocarbonyl (C=S) groups is 1. The maximum Gasteiger partial charge on any atom is 0.173 e. The molecule has 0 spiro atoms. The summed E-state index contributed by atoms with van der Waals surface area (Å²) in [4.78, 5) is 0. The van der Waals surface area contributed by atoms with Crippen LogP contribution in [0.2, 0.25) is 15.1 Å². The van der Waals surface area contributed by atoms with Crippen molar-refractivity contribution in [2.75, 3.05) is 5.32 Å². The van der Waals surface area contributed by atoms with E-state index in [1.807, 2.05) is 12.1 Å². The molecule has 0 amide bonds. The van der Waals surface area contributed by atoms with Gasteiger partial charge in [0.1, 0.15) is 5.02 Å². The molecule has 0 unspecified atom stereocenters. The van der Waals surface area contributed by atoms with Gasteiger partial charge in [-0.2, -0.15) is 5.10 Å². The van der Waals surface area contributed by atoms with Crippen LogP contribution in [0.15, 0.2) is 24.4 Å². The fourth-order valence-electron chi connectivity index (χ4n) is 2.79. The molecule has 4 nitrogen and oxygen atoms in total. The molecule has 0 atom stereocenters. The molecule has 1 saturated carbocycles. The van der Waals surface area contributed by atoms with Gasteiger partial charge >= 0.3 is 0 Å². The highest BCUT2D eigenvalue weighted by Crippen LogP contribution is 2.24. The predicted octanol–water partition coefficient (Wildman–Crippen LogP) is 5.12. The number of nitrogens with one attached hydrogen (secondary N) is 2. The Morgan fingerprint density at radius 1 is 1.17 bits per heavy atom. The van der Waals surface area contributed by atoms with E-state index in [2.05, 4.69) is 15.7 Å². The second kappa shape index (κ2) is 7.91. The summed E-state index contributed by atoms with van der Waals surface area (Å²) in [7, 11) is 0. The van der Waals surface area contributed by atoms with Gasteiger partial charge in [0.15, 0.2) is 10.9 Å². The topological polar surface area (TPSA) is 41.9 Å². The van der Waals surface area contributed by atoms with E-state index in [9.17, 15) is 0 Å². The second-order valence-corrected chi connectivity index (χ2v) is 7.48. The van der Waals surface area contributed by atoms with Crippen LogP contribution in [0.4, 0.5) is 5.82 Å². The van der Waals surface area contributed by atoms with Crippen LogP contribution in [0.3, 0.4) is 0 Å². The minimum atomic E-state index is 0.446. The molecule has 0 aliphatic heterocycles. The van der Waals surface area contributed by atoms with Crippen LogP contribution in [0.1, 0.15) is 31.2 Å². The largest absolute Gasteiger partial charge is 0.360 e. The monoisotopic (exact) mass is 402 g/mol. The summed E-state index contributed by atoms with van der Waals surface area (Å²) in [5.41, 5.74) is 0.988. The number of hydrogen-bond donors (Lipinski definition) is 2. The zero-order valence-corrected chi connectivity index (χ0v) is 15.9. The second-order valence-electron chi connectivity index (χ2n) is 5.85. The van der Waals surface area contributed by atoms with Crippen LogP contribution in [0, 0.1) is 0 Å². The van der Waals surface area contributed by atoms with Crippen molar-refractivity contribution in [1.29, 1.82) is 0 Å². The molecule has 0 saturated heterocycles. The fourth-order valence-corrected chi connectivity index (χ4v) is 3.57. The molecule has 8 heteroatoms. The van der Waals surface area contributed by atoms with Crippen molar-refractivity contribution in [3.63, 3.8) is 0 Å². The van der Waals surface area contributed by atoms with E-state index in [1.165, 1.54) is 12.8 Å². The first-order valence-corrected chi connectivity index (χ1v) is 9.30. The van der Waals surface area contributed by atoms with Gasteiger partial charge in [-0.15, -0.1) is 0 Å². The molecule has 24 heavy (non-hydrogen) atoms. The van der Waals surface area contributed by atoms with E-state index in [4.69, 9.17) is 47.0 Å². The van der Waals surface area contributed by atoms with E-state index in [0.29, 0.717) is 38.6 Å². The van der Waals surface area contributed by atoms with Gasteiger partial charge in [-0.25, -0.2) is 0 Å². The highest BCUT2D eigenvalue weighted by Gasteiger charge is 2.16. The lowest BCUT2D eigenvalue weighted by Gasteiger charge is -2.14. The number of benzene rings is 1. The average Bonchev–Trinajstić information content (AvgIpc) is 3.14. The molecule has 1 fully saturated rings. The third kappa shape index (κ3) is 4.54. The highest BCUT2D eigenvalue weighted by atomic mass is 35.5. The van der Waals surface area contributed by atoms with Gasteiger partial charge in [0.2, 0.25) is 0 Å². The number of anilines is 1. The van der Waals surface area contributed by atoms with Crippen molar-refractivity contribution in [3.05, 3.63) is 45.0 Å². The minimum absolute atomic E-state index is 0.446. The third-order valence-electron chi connectivity index (χ3n) is 3.97. The first-order valence-electron chi connectivity index (χ1n) is 7.75. The Balaban J connectivity index is 1.63. The molecule has 128 valence electrons. The lowest BCUT2D eigenvalue weighted by atomic mass is 10.2. The van der Waals surface area contributed by atoms with Gasteiger partial charge in [-0.3, -0.25) is 4.68 Å². The number of halogens is 3. The number of rotatable bonds is 4. The smallest absolute Gasteiger partial charge is 0.173 e. The summed E-state index contributed by atoms with van der Waals surface area (Å²) in [6.07, 6.45) is 6.56. The number of nitrogens with zero attached hydrogens (tertiary/aromatic N) is 2. The van der Waals surface area contributed by atoms with Crippen molar-refractivity contribution in [1.82, 2.24) is 15.1 Å². The summed E-state index contributed by atoms with van der Waals surface area (Å²) >= 11 is 23.6. The zero-order valence-electron chi connectivity index (χ0n) is 12.9. The van der Waals surface area contributed by atoms with Gasteiger partial charge in [0, 0.05) is 12.2 Å². The van der Waals surface area contributed by atoms with Crippen LogP contribution in [-0.4, -0.2) is 20.9 Å². The number of hydrogen-bond acceptors (Lipinski definition) is 2. The third-order valence-corrected chi connectivity index (χ3v) is 5.20. The first-order chi connectivity index (χ1) is 11.5. The molecule has 3 rings (SSSR count). The van der Waals surface area contributed by atoms with Gasteiger partial charge in [-0.05, 0) is 42.8 Å². The Kier molecular flexibility index (Phi) is 5.87. The maximum absolute atomic E-state index is 6.25. The Morgan fingerprint density at radius 3 is 2.62 bits per heavy atom. The van der Waals surface area contributed by atoms with E-state index in [1.54, 1.807) is 16.9 Å². The van der Waals surface area contributed by atoms with Crippen LogP contribution in [0.25, 0.3) is 0 Å². The maximum atomic E-state index is 6.25. The Labute approximate surface area is 161 Å². The van der Waals surface area contributed by atoms with Gasteiger partial charge in [0.25, 0.3) is 0 Å². The molecular weight excluding hydrogens is 387 g/mol. The van der Waals surface area contributed by atoms with Crippen molar-refractivity contribution in [2.45, 2.75) is 38.3 Å². The molecule has 1 aliphatic carbocycles. The van der Waals surface area contributed by atoms with Crippen LogP contribution in [0.5, 0.6) is 0 Å². The van der Waals surface area contributed by atoms with Crippen molar-refractivity contribution < 1.29 is 0 Å². The molecule has 1 heterocycles. The van der Waals surface area contributed by atoms with Gasteiger partial charge in [0.05, 0.1) is 16.6 Å². The molecule has 0 bridgehead atoms. The van der Waals surface area contributed by atoms with Crippen LogP contribution < -0.4 is 10.6 Å². The van der Waals surface area contributed by atoms with Crippen molar-refractivity contribution in [2.24, 2.45) is 0 Å². The SMILES string of the molecule is S=C(Nc1nn(Cc2ccc(Cl)c(Cl)c2)cc1Cl)NC1CCCC1. The lowest BCUT2D eigenvalue weighted by Crippen LogP contribution is -2.36. The minimum Gasteiger partial charge on any atom is -0.360 e. The van der Waals surface area contributed by atoms with Crippen LogP contribution >= 0.6 is 47.0 Å². The van der Waals surface area contributed by atoms with Crippen molar-refractivity contribution >= 4 is 58.0 Å². The zero-order chi connectivity index (χ0) is 17.1. The van der Waals surface area contributed by atoms with Crippen LogP contribution in [-0.2, 0) is 6.54 Å². The molecule has 1 aliphatic rings. The average molecular weight is 404 g/mol. The Bertz CT molecular complexity index is 741. The Morgan fingerprint density at radius 2 is 1.92 bits per heavy atom. The van der Waals surface area contributed by atoms with E-state index in [0.717, 1.165) is 18.4 Å². The van der Waals surface area contributed by atoms with Gasteiger partial charge in [-0.1, -0.05) is 53.7 Å².